The summed E-state index contributed by atoms with van der Waals surface area (Å²) in [5.74, 6) is 0.153. The highest BCUT2D eigenvalue weighted by Gasteiger charge is 2.44. The number of benzene rings is 2. The van der Waals surface area contributed by atoms with Crippen LogP contribution in [0.1, 0.15) is 43.7 Å². The molecule has 200 valence electrons. The van der Waals surface area contributed by atoms with Crippen molar-refractivity contribution in [3.8, 4) is 17.6 Å². The number of ether oxygens (including phenoxy) is 3. The van der Waals surface area contributed by atoms with Crippen LogP contribution in [0.25, 0.3) is 0 Å². The summed E-state index contributed by atoms with van der Waals surface area (Å²) in [7, 11) is 3.12. The number of hydrogen-bond acceptors (Lipinski definition) is 7. The van der Waals surface area contributed by atoms with Crippen molar-refractivity contribution in [1.29, 1.82) is 5.26 Å². The van der Waals surface area contributed by atoms with E-state index in [1.54, 1.807) is 25.3 Å². The van der Waals surface area contributed by atoms with Crippen molar-refractivity contribution < 1.29 is 23.4 Å². The molecule has 7 nitrogen and oxygen atoms in total. The Kier molecular flexibility index (Phi) is 8.14. The van der Waals surface area contributed by atoms with E-state index in [0.29, 0.717) is 70.1 Å². The second-order valence-electron chi connectivity index (χ2n) is 10.2. The zero-order valence-electron chi connectivity index (χ0n) is 21.9. The first kappa shape index (κ1) is 27.7. The van der Waals surface area contributed by atoms with Crippen LogP contribution >= 0.6 is 15.9 Å². The topological polar surface area (TPSA) is 97.8 Å². The number of nitrogens with two attached hydrogens (primary N) is 1. The predicted molar refractivity (Wildman–Crippen MR) is 145 cm³/mol. The van der Waals surface area contributed by atoms with Crippen molar-refractivity contribution in [2.45, 2.75) is 39.2 Å². The first-order valence-corrected chi connectivity index (χ1v) is 13.1. The molecule has 2 N–H and O–H groups in total. The zero-order valence-corrected chi connectivity index (χ0v) is 23.5. The summed E-state index contributed by atoms with van der Waals surface area (Å²) in [5, 5.41) is 10.2. The first-order valence-electron chi connectivity index (χ1n) is 12.3. The van der Waals surface area contributed by atoms with E-state index in [-0.39, 0.29) is 23.6 Å². The monoisotopic (exact) mass is 583 g/mol. The Hall–Kier alpha value is -3.35. The number of carbonyl (C=O) groups is 1. The van der Waals surface area contributed by atoms with Gasteiger partial charge >= 0.3 is 0 Å². The standard InChI is InChI=1S/C29H31BrFN3O4/c1-29(2)13-22-26(23(35)14-29)25(20(15-32)28(33)34(22)8-9-36-3)18-11-21(30)27(24(12-18)37-4)38-16-17-6-5-7-19(31)10-17/h5-7,10-12,25H,8-9,13-14,16,33H2,1-4H3/t25-/m1/s1. The fourth-order valence-corrected chi connectivity index (χ4v) is 5.75. The van der Waals surface area contributed by atoms with Crippen molar-refractivity contribution in [3.63, 3.8) is 0 Å². The molecule has 0 amide bonds. The summed E-state index contributed by atoms with van der Waals surface area (Å²) in [6, 6.07) is 12.0. The van der Waals surface area contributed by atoms with Crippen LogP contribution in [0.4, 0.5) is 4.39 Å². The van der Waals surface area contributed by atoms with Gasteiger partial charge in [0.05, 0.1) is 35.7 Å². The molecular weight excluding hydrogens is 553 g/mol. The van der Waals surface area contributed by atoms with Crippen LogP contribution in [0.2, 0.25) is 0 Å². The average molecular weight is 584 g/mol. The van der Waals surface area contributed by atoms with Gasteiger partial charge in [0, 0.05) is 31.3 Å². The van der Waals surface area contributed by atoms with E-state index >= 15 is 0 Å². The highest BCUT2D eigenvalue weighted by atomic mass is 79.9. The summed E-state index contributed by atoms with van der Waals surface area (Å²) in [4.78, 5) is 15.5. The lowest BCUT2D eigenvalue weighted by atomic mass is 9.68. The molecular formula is C29H31BrFN3O4. The number of nitriles is 1. The third kappa shape index (κ3) is 5.42. The highest BCUT2D eigenvalue weighted by molar-refractivity contribution is 9.10. The Balaban J connectivity index is 1.80. The molecule has 2 aromatic rings. The second-order valence-corrected chi connectivity index (χ2v) is 11.1. The Morgan fingerprint density at radius 2 is 2.00 bits per heavy atom. The van der Waals surface area contributed by atoms with Crippen LogP contribution in [0.5, 0.6) is 11.5 Å². The molecule has 1 aliphatic heterocycles. The van der Waals surface area contributed by atoms with Gasteiger partial charge in [-0.1, -0.05) is 26.0 Å². The molecule has 0 fully saturated rings. The molecule has 0 unspecified atom stereocenters. The summed E-state index contributed by atoms with van der Waals surface area (Å²) >= 11 is 3.58. The lowest BCUT2D eigenvalue weighted by Crippen LogP contribution is -2.43. The highest BCUT2D eigenvalue weighted by Crippen LogP contribution is 2.50. The molecule has 1 heterocycles. The third-order valence-corrected chi connectivity index (χ3v) is 7.45. The molecule has 1 aliphatic carbocycles. The molecule has 4 rings (SSSR count). The Morgan fingerprint density at radius 1 is 1.24 bits per heavy atom. The summed E-state index contributed by atoms with van der Waals surface area (Å²) in [6.45, 7) is 5.07. The molecule has 0 spiro atoms. The molecule has 1 atom stereocenters. The van der Waals surface area contributed by atoms with Gasteiger partial charge < -0.3 is 24.8 Å². The number of nitrogens with zero attached hydrogens (tertiary/aromatic N) is 2. The van der Waals surface area contributed by atoms with Crippen LogP contribution in [0.15, 0.2) is 63.5 Å². The van der Waals surface area contributed by atoms with E-state index in [4.69, 9.17) is 19.9 Å². The number of Topliss-reactive ketones (excluding diaryl/α,β-unsaturated/α-hetero) is 1. The Morgan fingerprint density at radius 3 is 2.66 bits per heavy atom. The van der Waals surface area contributed by atoms with E-state index in [9.17, 15) is 14.4 Å². The van der Waals surface area contributed by atoms with Crippen molar-refractivity contribution in [2.75, 3.05) is 27.4 Å². The van der Waals surface area contributed by atoms with Gasteiger partial charge in [0.25, 0.3) is 0 Å². The van der Waals surface area contributed by atoms with Gasteiger partial charge in [0.15, 0.2) is 17.3 Å². The quantitative estimate of drug-likeness (QED) is 0.434. The van der Waals surface area contributed by atoms with E-state index in [1.165, 1.54) is 19.2 Å². The van der Waals surface area contributed by atoms with Gasteiger partial charge in [-0.2, -0.15) is 5.26 Å². The lowest BCUT2D eigenvalue weighted by molar-refractivity contribution is -0.118. The van der Waals surface area contributed by atoms with Crippen LogP contribution in [0, 0.1) is 22.6 Å². The van der Waals surface area contributed by atoms with Gasteiger partial charge in [0.2, 0.25) is 0 Å². The minimum absolute atomic E-state index is 0.00885. The maximum atomic E-state index is 13.6. The number of methoxy groups -OCH3 is 2. The molecule has 0 aromatic heterocycles. The van der Waals surface area contributed by atoms with E-state index in [0.717, 1.165) is 5.70 Å². The maximum Gasteiger partial charge on any atom is 0.175 e. The number of carbonyl (C=O) groups excluding carboxylic acids is 1. The minimum Gasteiger partial charge on any atom is -0.493 e. The van der Waals surface area contributed by atoms with Crippen molar-refractivity contribution in [3.05, 3.63) is 80.5 Å². The van der Waals surface area contributed by atoms with E-state index in [1.807, 2.05) is 11.0 Å². The predicted octanol–water partition coefficient (Wildman–Crippen LogP) is 5.56. The fraction of sp³-hybridized carbons (Fsp3) is 0.379. The Bertz CT molecular complexity index is 1360. The molecule has 2 aromatic carbocycles. The smallest absolute Gasteiger partial charge is 0.175 e. The van der Waals surface area contributed by atoms with Crippen molar-refractivity contribution in [2.24, 2.45) is 11.1 Å². The average Bonchev–Trinajstić information content (AvgIpc) is 2.86. The van der Waals surface area contributed by atoms with Gasteiger partial charge in [-0.15, -0.1) is 0 Å². The van der Waals surface area contributed by atoms with Gasteiger partial charge in [-0.3, -0.25) is 4.79 Å². The van der Waals surface area contributed by atoms with Crippen LogP contribution < -0.4 is 15.2 Å². The molecule has 0 saturated heterocycles. The van der Waals surface area contributed by atoms with Crippen LogP contribution in [-0.2, 0) is 16.1 Å². The van der Waals surface area contributed by atoms with Crippen molar-refractivity contribution in [1.82, 2.24) is 4.90 Å². The molecule has 9 heteroatoms. The third-order valence-electron chi connectivity index (χ3n) is 6.86. The van der Waals surface area contributed by atoms with E-state index < -0.39 is 5.92 Å². The summed E-state index contributed by atoms with van der Waals surface area (Å²) in [5.41, 5.74) is 9.39. The molecule has 38 heavy (non-hydrogen) atoms. The van der Waals surface area contributed by atoms with E-state index in [2.05, 4.69) is 35.8 Å². The number of ketones is 1. The fourth-order valence-electron chi connectivity index (χ4n) is 5.18. The number of hydrogen-bond donors (Lipinski definition) is 1. The SMILES string of the molecule is COCCN1C(N)=C(C#N)[C@@H](c2cc(Br)c(OCc3cccc(F)c3)c(OC)c2)C2=C1CC(C)(C)CC2=O. The second kappa shape index (κ2) is 11.2. The normalized spacial score (nSPS) is 18.8. The van der Waals surface area contributed by atoms with Crippen molar-refractivity contribution >= 4 is 21.7 Å². The molecule has 0 radical (unpaired) electrons. The lowest BCUT2D eigenvalue weighted by Gasteiger charge is -2.43. The molecule has 0 saturated carbocycles. The van der Waals surface area contributed by atoms with Crippen LogP contribution in [0.3, 0.4) is 0 Å². The molecule has 0 bridgehead atoms. The first-order chi connectivity index (χ1) is 18.1. The molecule has 2 aliphatic rings. The zero-order chi connectivity index (χ0) is 27.6. The Labute approximate surface area is 230 Å². The number of allylic oxidation sites excluding steroid dienone is 3. The van der Waals surface area contributed by atoms with Crippen LogP contribution in [-0.4, -0.2) is 38.1 Å². The maximum absolute atomic E-state index is 13.6. The summed E-state index contributed by atoms with van der Waals surface area (Å²) in [6.07, 6.45) is 1.01. The largest absolute Gasteiger partial charge is 0.493 e. The summed E-state index contributed by atoms with van der Waals surface area (Å²) < 4.78 is 31.1. The van der Waals surface area contributed by atoms with Gasteiger partial charge in [0.1, 0.15) is 18.2 Å². The van der Waals surface area contributed by atoms with Gasteiger partial charge in [-0.05, 0) is 63.2 Å². The minimum atomic E-state index is -0.653. The number of halogens is 2. The number of rotatable bonds is 8. The van der Waals surface area contributed by atoms with Gasteiger partial charge in [-0.25, -0.2) is 4.39 Å².